The Morgan fingerprint density at radius 3 is 2.09 bits per heavy atom. The van der Waals surface area contributed by atoms with Crippen LogP contribution in [0.3, 0.4) is 0 Å². The summed E-state index contributed by atoms with van der Waals surface area (Å²) in [6, 6.07) is 15.2. The van der Waals surface area contributed by atoms with E-state index in [1.54, 1.807) is 12.1 Å². The molecule has 0 aliphatic carbocycles. The number of rotatable bonds is 6. The molecule has 0 saturated carbocycles. The summed E-state index contributed by atoms with van der Waals surface area (Å²) in [7, 11) is 0. The van der Waals surface area contributed by atoms with E-state index in [0.29, 0.717) is 34.4 Å². The van der Waals surface area contributed by atoms with Crippen molar-refractivity contribution in [1.82, 2.24) is 9.13 Å². The van der Waals surface area contributed by atoms with Crippen molar-refractivity contribution in [1.29, 1.82) is 0 Å². The number of nitrogens with zero attached hydrogens (tertiary/aromatic N) is 3. The molecule has 0 unspecified atom stereocenters. The first kappa shape index (κ1) is 25.6. The van der Waals surface area contributed by atoms with E-state index in [4.69, 9.17) is 28.2 Å². The molecule has 11 heteroatoms. The maximum absolute atomic E-state index is 12.6. The summed E-state index contributed by atoms with van der Waals surface area (Å²) in [5, 5.41) is 10.1. The molecule has 1 aromatic heterocycles. The van der Waals surface area contributed by atoms with E-state index in [2.05, 4.69) is 20.7 Å². The van der Waals surface area contributed by atoms with E-state index in [0.717, 1.165) is 22.2 Å². The predicted molar refractivity (Wildman–Crippen MR) is 133 cm³/mol. The molecule has 184 valence electrons. The molecule has 5 nitrogen and oxygen atoms in total. The van der Waals surface area contributed by atoms with E-state index in [1.165, 1.54) is 18.2 Å². The molecule has 0 spiro atoms. The molecular formula is C24H19BrCl2F3N3O2. The molecule has 4 rings (SSSR count). The standard InChI is InChI=1S/C24H19BrCl2F3N3O2/c1-2-32-20-10-18(26)19(27)11-21(20)33(12-14-3-5-15(13-34)6-4-14)23(32)31-16-7-8-22(17(25)9-16)35-24(28,29)30/h3-11,34H,2,12-13H2,1H3/b31-23-. The summed E-state index contributed by atoms with van der Waals surface area (Å²) in [4.78, 5) is 4.77. The summed E-state index contributed by atoms with van der Waals surface area (Å²) in [5.41, 5.74) is 4.33. The molecule has 3 aromatic carbocycles. The SMILES string of the molecule is CCn1/c(=N/c2ccc(OC(F)(F)F)c(Br)c2)n(Cc2ccc(CO)cc2)c2cc(Cl)c(Cl)cc21. The maximum Gasteiger partial charge on any atom is 0.573 e. The van der Waals surface area contributed by atoms with Gasteiger partial charge in [-0.3, -0.25) is 0 Å². The molecule has 35 heavy (non-hydrogen) atoms. The number of benzene rings is 3. The summed E-state index contributed by atoms with van der Waals surface area (Å²) in [6.45, 7) is 2.89. The third-order valence-corrected chi connectivity index (χ3v) is 6.66. The second-order valence-corrected chi connectivity index (χ2v) is 9.30. The van der Waals surface area contributed by atoms with Crippen LogP contribution in [0.25, 0.3) is 11.0 Å². The first-order valence-corrected chi connectivity index (χ1v) is 12.0. The number of alkyl halides is 3. The first-order chi connectivity index (χ1) is 16.6. The predicted octanol–water partition coefficient (Wildman–Crippen LogP) is 7.20. The van der Waals surface area contributed by atoms with Crippen molar-refractivity contribution in [3.63, 3.8) is 0 Å². The molecular weight excluding hydrogens is 570 g/mol. The highest BCUT2D eigenvalue weighted by Gasteiger charge is 2.32. The smallest absolute Gasteiger partial charge is 0.405 e. The zero-order chi connectivity index (χ0) is 25.3. The highest BCUT2D eigenvalue weighted by atomic mass is 79.9. The van der Waals surface area contributed by atoms with Crippen LogP contribution in [-0.2, 0) is 19.7 Å². The van der Waals surface area contributed by atoms with Gasteiger partial charge in [-0.25, -0.2) is 4.99 Å². The van der Waals surface area contributed by atoms with Crippen molar-refractivity contribution in [2.45, 2.75) is 33.0 Å². The summed E-state index contributed by atoms with van der Waals surface area (Å²) < 4.78 is 46.0. The fourth-order valence-electron chi connectivity index (χ4n) is 3.72. The van der Waals surface area contributed by atoms with Crippen LogP contribution in [0.1, 0.15) is 18.1 Å². The lowest BCUT2D eigenvalue weighted by Gasteiger charge is -2.11. The summed E-state index contributed by atoms with van der Waals surface area (Å²) in [5.74, 6) is -0.358. The number of ether oxygens (including phenoxy) is 1. The first-order valence-electron chi connectivity index (χ1n) is 10.5. The van der Waals surface area contributed by atoms with Crippen LogP contribution < -0.4 is 10.4 Å². The van der Waals surface area contributed by atoms with Crippen molar-refractivity contribution < 1.29 is 23.0 Å². The number of imidazole rings is 1. The van der Waals surface area contributed by atoms with Gasteiger partial charge in [0.1, 0.15) is 5.75 Å². The van der Waals surface area contributed by atoms with Crippen LogP contribution in [0.15, 0.2) is 64.1 Å². The molecule has 4 aromatic rings. The van der Waals surface area contributed by atoms with Gasteiger partial charge in [0.15, 0.2) is 0 Å². The molecule has 0 bridgehead atoms. The molecule has 0 fully saturated rings. The van der Waals surface area contributed by atoms with Gasteiger partial charge >= 0.3 is 6.36 Å². The topological polar surface area (TPSA) is 51.7 Å². The normalized spacial score (nSPS) is 12.5. The largest absolute Gasteiger partial charge is 0.573 e. The lowest BCUT2D eigenvalue weighted by atomic mass is 10.1. The molecule has 1 heterocycles. The number of aliphatic hydroxyl groups excluding tert-OH is 1. The number of fused-ring (bicyclic) bond motifs is 1. The second-order valence-electron chi connectivity index (χ2n) is 7.63. The number of hydrogen-bond donors (Lipinski definition) is 1. The third-order valence-electron chi connectivity index (χ3n) is 5.31. The summed E-state index contributed by atoms with van der Waals surface area (Å²) >= 11 is 15.8. The number of hydrogen-bond acceptors (Lipinski definition) is 3. The van der Waals surface area contributed by atoms with Gasteiger partial charge in [0.2, 0.25) is 5.62 Å². The average molecular weight is 589 g/mol. The number of aromatic nitrogens is 2. The zero-order valence-corrected chi connectivity index (χ0v) is 21.4. The quantitative estimate of drug-likeness (QED) is 0.259. The van der Waals surface area contributed by atoms with E-state index in [-0.39, 0.29) is 16.8 Å². The van der Waals surface area contributed by atoms with Gasteiger partial charge in [0, 0.05) is 6.54 Å². The second kappa shape index (κ2) is 10.3. The highest BCUT2D eigenvalue weighted by molar-refractivity contribution is 9.10. The van der Waals surface area contributed by atoms with Crippen LogP contribution in [0.5, 0.6) is 5.75 Å². The molecule has 0 atom stereocenters. The minimum atomic E-state index is -4.80. The van der Waals surface area contributed by atoms with Crippen molar-refractivity contribution in [3.05, 3.63) is 85.9 Å². The minimum absolute atomic E-state index is 0.0554. The van der Waals surface area contributed by atoms with Gasteiger partial charge in [-0.05, 0) is 64.3 Å². The van der Waals surface area contributed by atoms with E-state index in [9.17, 15) is 18.3 Å². The van der Waals surface area contributed by atoms with Crippen molar-refractivity contribution >= 4 is 55.9 Å². The Balaban J connectivity index is 1.91. The Hall–Kier alpha value is -2.46. The minimum Gasteiger partial charge on any atom is -0.405 e. The van der Waals surface area contributed by atoms with Crippen LogP contribution in [0.4, 0.5) is 18.9 Å². The van der Waals surface area contributed by atoms with Gasteiger partial charge < -0.3 is 19.0 Å². The van der Waals surface area contributed by atoms with Gasteiger partial charge in [-0.2, -0.15) is 0 Å². The Kier molecular flexibility index (Phi) is 7.51. The molecule has 0 aliphatic heterocycles. The van der Waals surface area contributed by atoms with Gasteiger partial charge in [-0.1, -0.05) is 47.5 Å². The lowest BCUT2D eigenvalue weighted by molar-refractivity contribution is -0.274. The Morgan fingerprint density at radius 2 is 1.54 bits per heavy atom. The molecule has 0 amide bonds. The molecule has 0 radical (unpaired) electrons. The Labute approximate surface area is 217 Å². The highest BCUT2D eigenvalue weighted by Crippen LogP contribution is 2.33. The van der Waals surface area contributed by atoms with E-state index >= 15 is 0 Å². The van der Waals surface area contributed by atoms with E-state index in [1.807, 2.05) is 40.3 Å². The van der Waals surface area contributed by atoms with Crippen LogP contribution >= 0.6 is 39.1 Å². The fraction of sp³-hybridized carbons (Fsp3) is 0.208. The number of aryl methyl sites for hydroxylation is 1. The van der Waals surface area contributed by atoms with Crippen molar-refractivity contribution in [2.24, 2.45) is 4.99 Å². The summed E-state index contributed by atoms with van der Waals surface area (Å²) in [6.07, 6.45) is -4.80. The Bertz CT molecular complexity index is 1450. The average Bonchev–Trinajstić information content (AvgIpc) is 3.07. The van der Waals surface area contributed by atoms with Crippen molar-refractivity contribution in [3.8, 4) is 5.75 Å². The molecule has 1 N–H and O–H groups in total. The number of aliphatic hydroxyl groups is 1. The van der Waals surface area contributed by atoms with E-state index < -0.39 is 6.36 Å². The zero-order valence-electron chi connectivity index (χ0n) is 18.3. The Morgan fingerprint density at radius 1 is 0.943 bits per heavy atom. The molecule has 0 saturated heterocycles. The fourth-order valence-corrected chi connectivity index (χ4v) is 4.49. The van der Waals surface area contributed by atoms with Gasteiger partial charge in [0.05, 0.1) is 44.4 Å². The van der Waals surface area contributed by atoms with Crippen LogP contribution in [0, 0.1) is 0 Å². The lowest BCUT2D eigenvalue weighted by Crippen LogP contribution is -2.26. The number of halogens is 6. The molecule has 0 aliphatic rings. The van der Waals surface area contributed by atoms with Crippen molar-refractivity contribution in [2.75, 3.05) is 0 Å². The van der Waals surface area contributed by atoms with Gasteiger partial charge in [0.25, 0.3) is 0 Å². The maximum atomic E-state index is 12.6. The van der Waals surface area contributed by atoms with Gasteiger partial charge in [-0.15, -0.1) is 13.2 Å². The van der Waals surface area contributed by atoms with Crippen LogP contribution in [0.2, 0.25) is 10.0 Å². The monoisotopic (exact) mass is 587 g/mol. The van der Waals surface area contributed by atoms with Crippen LogP contribution in [-0.4, -0.2) is 20.6 Å². The third kappa shape index (κ3) is 5.69.